The van der Waals surface area contributed by atoms with Crippen LogP contribution in [0.15, 0.2) is 42.5 Å². The number of ether oxygens (including phenoxy) is 2. The fourth-order valence-corrected chi connectivity index (χ4v) is 3.52. The third-order valence-corrected chi connectivity index (χ3v) is 4.97. The lowest BCUT2D eigenvalue weighted by molar-refractivity contribution is -0.118. The van der Waals surface area contributed by atoms with Crippen molar-refractivity contribution in [3.63, 3.8) is 0 Å². The normalized spacial score (nSPS) is 13.2. The van der Waals surface area contributed by atoms with E-state index in [-0.39, 0.29) is 5.91 Å². The minimum Gasteiger partial charge on any atom is -0.493 e. The van der Waals surface area contributed by atoms with Crippen molar-refractivity contribution in [1.82, 2.24) is 5.32 Å². The van der Waals surface area contributed by atoms with E-state index >= 15 is 0 Å². The van der Waals surface area contributed by atoms with Crippen molar-refractivity contribution < 1.29 is 14.3 Å². The number of amides is 1. The van der Waals surface area contributed by atoms with Crippen LogP contribution < -0.4 is 19.7 Å². The number of fused-ring (bicyclic) bond motifs is 1. The molecule has 2 aromatic rings. The molecule has 27 heavy (non-hydrogen) atoms. The number of aryl methyl sites for hydroxylation is 1. The van der Waals surface area contributed by atoms with Gasteiger partial charge >= 0.3 is 0 Å². The monoisotopic (exact) mass is 368 g/mol. The first-order valence-electron chi connectivity index (χ1n) is 9.53. The maximum Gasteiger partial charge on any atom is 0.228 e. The Kier molecular flexibility index (Phi) is 6.71. The number of carbonyl (C=O) groups is 1. The number of anilines is 1. The van der Waals surface area contributed by atoms with E-state index in [2.05, 4.69) is 17.4 Å². The lowest BCUT2D eigenvalue weighted by Gasteiger charge is -2.29. The number of benzene rings is 2. The summed E-state index contributed by atoms with van der Waals surface area (Å²) >= 11 is 0. The van der Waals surface area contributed by atoms with Gasteiger partial charge < -0.3 is 19.7 Å². The van der Waals surface area contributed by atoms with Gasteiger partial charge in [0, 0.05) is 25.2 Å². The summed E-state index contributed by atoms with van der Waals surface area (Å²) in [5.41, 5.74) is 3.54. The molecule has 1 amide bonds. The van der Waals surface area contributed by atoms with Crippen LogP contribution in [0.2, 0.25) is 0 Å². The Morgan fingerprint density at radius 1 is 1.07 bits per heavy atom. The van der Waals surface area contributed by atoms with E-state index in [4.69, 9.17) is 9.47 Å². The first-order valence-corrected chi connectivity index (χ1v) is 9.53. The summed E-state index contributed by atoms with van der Waals surface area (Å²) < 4.78 is 10.6. The zero-order chi connectivity index (χ0) is 19.1. The Labute approximate surface area is 161 Å². The summed E-state index contributed by atoms with van der Waals surface area (Å²) in [5, 5.41) is 3.37. The average Bonchev–Trinajstić information content (AvgIpc) is 2.72. The van der Waals surface area contributed by atoms with Crippen LogP contribution in [0.1, 0.15) is 24.0 Å². The minimum absolute atomic E-state index is 0.195. The van der Waals surface area contributed by atoms with Crippen molar-refractivity contribution >= 4 is 11.6 Å². The molecule has 0 spiro atoms. The number of hydrogen-bond donors (Lipinski definition) is 1. The first-order chi connectivity index (χ1) is 13.2. The number of nitrogens with zero attached hydrogens (tertiary/aromatic N) is 1. The summed E-state index contributed by atoms with van der Waals surface area (Å²) in [4.78, 5) is 14.5. The van der Waals surface area contributed by atoms with Gasteiger partial charge in [-0.2, -0.15) is 0 Å². The molecule has 3 rings (SSSR count). The summed E-state index contributed by atoms with van der Waals surface area (Å²) in [6.45, 7) is 2.33. The van der Waals surface area contributed by atoms with Gasteiger partial charge in [-0.1, -0.05) is 24.3 Å². The highest BCUT2D eigenvalue weighted by Crippen LogP contribution is 2.28. The standard InChI is InChI=1S/C22H28N2O3/c1-26-20-10-9-17(16-21(20)27-2)11-13-23-14-12-22(25)24-15-5-7-18-6-3-4-8-19(18)24/h3-4,6,8-10,16,23H,5,7,11-15H2,1-2H3. The second kappa shape index (κ2) is 9.42. The molecule has 1 aliphatic heterocycles. The minimum atomic E-state index is 0.195. The van der Waals surface area contributed by atoms with Gasteiger partial charge in [-0.3, -0.25) is 4.79 Å². The maximum absolute atomic E-state index is 12.6. The van der Waals surface area contributed by atoms with Gasteiger partial charge in [-0.05, 0) is 55.1 Å². The summed E-state index contributed by atoms with van der Waals surface area (Å²) in [7, 11) is 3.28. The third kappa shape index (κ3) is 4.80. The van der Waals surface area contributed by atoms with Crippen LogP contribution in [-0.4, -0.2) is 39.8 Å². The largest absolute Gasteiger partial charge is 0.493 e. The highest BCUT2D eigenvalue weighted by Gasteiger charge is 2.21. The van der Waals surface area contributed by atoms with Crippen LogP contribution in [-0.2, 0) is 17.6 Å². The third-order valence-electron chi connectivity index (χ3n) is 4.97. The van der Waals surface area contributed by atoms with Crippen LogP contribution in [0.25, 0.3) is 0 Å². The number of para-hydroxylation sites is 1. The Balaban J connectivity index is 1.44. The fourth-order valence-electron chi connectivity index (χ4n) is 3.52. The van der Waals surface area contributed by atoms with Crippen LogP contribution in [0.5, 0.6) is 11.5 Å². The van der Waals surface area contributed by atoms with Crippen molar-refractivity contribution in [3.8, 4) is 11.5 Å². The molecule has 1 heterocycles. The van der Waals surface area contributed by atoms with E-state index in [1.807, 2.05) is 35.2 Å². The summed E-state index contributed by atoms with van der Waals surface area (Å²) in [6, 6.07) is 14.2. The van der Waals surface area contributed by atoms with Crippen LogP contribution in [0.3, 0.4) is 0 Å². The number of rotatable bonds is 8. The Bertz CT molecular complexity index is 776. The molecule has 0 bridgehead atoms. The number of methoxy groups -OCH3 is 2. The summed E-state index contributed by atoms with van der Waals surface area (Å²) in [6.07, 6.45) is 3.49. The molecule has 144 valence electrons. The van der Waals surface area contributed by atoms with Crippen molar-refractivity contribution in [2.45, 2.75) is 25.7 Å². The number of carbonyl (C=O) groups excluding carboxylic acids is 1. The second-order valence-corrected chi connectivity index (χ2v) is 6.72. The molecule has 0 atom stereocenters. The predicted octanol–water partition coefficient (Wildman–Crippen LogP) is 3.21. The SMILES string of the molecule is COc1ccc(CCNCCC(=O)N2CCCc3ccccc32)cc1OC. The molecule has 0 saturated carbocycles. The maximum atomic E-state index is 12.6. The van der Waals surface area contributed by atoms with Gasteiger partial charge in [0.25, 0.3) is 0 Å². The molecule has 2 aromatic carbocycles. The average molecular weight is 368 g/mol. The van der Waals surface area contributed by atoms with E-state index < -0.39 is 0 Å². The number of nitrogens with one attached hydrogen (secondary N) is 1. The van der Waals surface area contributed by atoms with Gasteiger partial charge in [-0.25, -0.2) is 0 Å². The smallest absolute Gasteiger partial charge is 0.228 e. The highest BCUT2D eigenvalue weighted by atomic mass is 16.5. The summed E-state index contributed by atoms with van der Waals surface area (Å²) in [5.74, 6) is 1.68. The second-order valence-electron chi connectivity index (χ2n) is 6.72. The van der Waals surface area contributed by atoms with Crippen molar-refractivity contribution in [3.05, 3.63) is 53.6 Å². The zero-order valence-corrected chi connectivity index (χ0v) is 16.2. The number of hydrogen-bond acceptors (Lipinski definition) is 4. The van der Waals surface area contributed by atoms with Crippen LogP contribution >= 0.6 is 0 Å². The van der Waals surface area contributed by atoms with Crippen molar-refractivity contribution in [1.29, 1.82) is 0 Å². The van der Waals surface area contributed by atoms with Gasteiger partial charge in [0.05, 0.1) is 14.2 Å². The molecular weight excluding hydrogens is 340 g/mol. The lowest BCUT2D eigenvalue weighted by atomic mass is 10.0. The van der Waals surface area contributed by atoms with E-state index in [0.29, 0.717) is 13.0 Å². The highest BCUT2D eigenvalue weighted by molar-refractivity contribution is 5.94. The molecule has 1 N–H and O–H groups in total. The van der Waals surface area contributed by atoms with Crippen molar-refractivity contribution in [2.75, 3.05) is 38.8 Å². The van der Waals surface area contributed by atoms with E-state index in [9.17, 15) is 4.79 Å². The van der Waals surface area contributed by atoms with Gasteiger partial charge in [0.2, 0.25) is 5.91 Å². The van der Waals surface area contributed by atoms with Gasteiger partial charge in [-0.15, -0.1) is 0 Å². The fraction of sp³-hybridized carbons (Fsp3) is 0.409. The van der Waals surface area contributed by atoms with Gasteiger partial charge in [0.1, 0.15) is 0 Å². The molecular formula is C22H28N2O3. The molecule has 1 aliphatic rings. The van der Waals surface area contributed by atoms with Crippen molar-refractivity contribution in [2.24, 2.45) is 0 Å². The van der Waals surface area contributed by atoms with E-state index in [1.54, 1.807) is 14.2 Å². The topological polar surface area (TPSA) is 50.8 Å². The van der Waals surface area contributed by atoms with Crippen LogP contribution in [0.4, 0.5) is 5.69 Å². The molecule has 0 fully saturated rings. The van der Waals surface area contributed by atoms with E-state index in [1.165, 1.54) is 11.1 Å². The molecule has 0 saturated heterocycles. The Hall–Kier alpha value is -2.53. The van der Waals surface area contributed by atoms with Gasteiger partial charge in [0.15, 0.2) is 11.5 Å². The molecule has 5 nitrogen and oxygen atoms in total. The Morgan fingerprint density at radius 3 is 2.70 bits per heavy atom. The lowest BCUT2D eigenvalue weighted by Crippen LogP contribution is -2.37. The molecule has 0 unspecified atom stereocenters. The van der Waals surface area contributed by atoms with E-state index in [0.717, 1.165) is 49.5 Å². The quantitative estimate of drug-likeness (QED) is 0.727. The molecule has 0 aromatic heterocycles. The Morgan fingerprint density at radius 2 is 1.89 bits per heavy atom. The molecule has 0 radical (unpaired) electrons. The zero-order valence-electron chi connectivity index (χ0n) is 16.2. The predicted molar refractivity (Wildman–Crippen MR) is 108 cm³/mol. The molecule has 0 aliphatic carbocycles. The molecule has 5 heteroatoms. The first kappa shape index (κ1) is 19.2. The van der Waals surface area contributed by atoms with Crippen LogP contribution in [0, 0.1) is 0 Å².